The number of rotatable bonds is 6. The van der Waals surface area contributed by atoms with Crippen molar-refractivity contribution in [1.82, 2.24) is 9.38 Å². The van der Waals surface area contributed by atoms with E-state index in [1.165, 1.54) is 43.2 Å². The van der Waals surface area contributed by atoms with Gasteiger partial charge in [-0.25, -0.2) is 4.98 Å². The van der Waals surface area contributed by atoms with Gasteiger partial charge in [0, 0.05) is 23.2 Å². The molecule has 158 valence electrons. The van der Waals surface area contributed by atoms with E-state index < -0.39 is 0 Å². The largest absolute Gasteiger partial charge is 0.335 e. The third-order valence-corrected chi connectivity index (χ3v) is 6.63. The molecule has 4 rings (SSSR count). The molecule has 0 amide bonds. The minimum Gasteiger partial charge on any atom is -0.335 e. The zero-order valence-corrected chi connectivity index (χ0v) is 18.5. The van der Waals surface area contributed by atoms with Crippen LogP contribution in [0.25, 0.3) is 5.65 Å². The van der Waals surface area contributed by atoms with Crippen LogP contribution < -0.4 is 10.9 Å². The van der Waals surface area contributed by atoms with Gasteiger partial charge in [-0.3, -0.25) is 9.20 Å². The van der Waals surface area contributed by atoms with Crippen molar-refractivity contribution in [3.8, 4) is 0 Å². The predicted octanol–water partition coefficient (Wildman–Crippen LogP) is 4.51. The van der Waals surface area contributed by atoms with E-state index in [9.17, 15) is 4.79 Å². The van der Waals surface area contributed by atoms with Gasteiger partial charge in [-0.05, 0) is 43.4 Å². The summed E-state index contributed by atoms with van der Waals surface area (Å²) < 4.78 is 1.67. The molecule has 30 heavy (non-hydrogen) atoms. The zero-order chi connectivity index (χ0) is 21.1. The molecule has 3 aromatic rings. The number of nitrogens with zero attached hydrogens (tertiary/aromatic N) is 2. The lowest BCUT2D eigenvalue weighted by Gasteiger charge is -2.23. The number of pyridine rings is 1. The summed E-state index contributed by atoms with van der Waals surface area (Å²) in [6, 6.07) is 17.2. The highest BCUT2D eigenvalue weighted by Gasteiger charge is 2.21. The van der Waals surface area contributed by atoms with Crippen molar-refractivity contribution in [1.29, 1.82) is 0 Å². The lowest BCUT2D eigenvalue weighted by molar-refractivity contribution is -0.717. The molecule has 4 nitrogen and oxygen atoms in total. The standard InChI is InChI=1S/C26H33N3O/c1-18(2)26(22-14-12-21(13-15-22)20-9-5-4-6-10-20)27-17-23-16-25(30)29-19(3)8-7-11-24(29)28-23/h7-8,11-16,18,20,26-27H,4-6,9-10,17H2,1-3H3/p+1/t26-/m1/s1. The fraction of sp³-hybridized carbons (Fsp3) is 0.462. The fourth-order valence-corrected chi connectivity index (χ4v) is 4.94. The smallest absolute Gasteiger partial charge is 0.258 e. The number of aromatic nitrogens is 2. The molecular formula is C26H34N3O+. The summed E-state index contributed by atoms with van der Waals surface area (Å²) in [6.07, 6.45) is 6.80. The summed E-state index contributed by atoms with van der Waals surface area (Å²) in [5, 5.41) is 2.33. The van der Waals surface area contributed by atoms with Crippen LogP contribution in [0.5, 0.6) is 0 Å². The van der Waals surface area contributed by atoms with Crippen LogP contribution in [0, 0.1) is 12.8 Å². The molecule has 0 spiro atoms. The summed E-state index contributed by atoms with van der Waals surface area (Å²) in [4.78, 5) is 17.3. The molecule has 0 unspecified atom stereocenters. The summed E-state index contributed by atoms with van der Waals surface area (Å²) in [5.74, 6) is 1.24. The number of aryl methyl sites for hydroxylation is 1. The van der Waals surface area contributed by atoms with Crippen LogP contribution in [0.1, 0.15) is 80.4 Å². The maximum absolute atomic E-state index is 12.6. The minimum absolute atomic E-state index is 0.000526. The van der Waals surface area contributed by atoms with Gasteiger partial charge in [-0.1, -0.05) is 63.4 Å². The number of fused-ring (bicyclic) bond motifs is 1. The van der Waals surface area contributed by atoms with Crippen molar-refractivity contribution in [3.63, 3.8) is 0 Å². The maximum atomic E-state index is 12.6. The molecule has 2 aromatic heterocycles. The Balaban J connectivity index is 1.50. The molecule has 1 atom stereocenters. The Hall–Kier alpha value is -2.46. The SMILES string of the molecule is Cc1cccc2nc(C[NH2+][C@@H](c3ccc(C4CCCCC4)cc3)C(C)C)cc(=O)n12. The fourth-order valence-electron chi connectivity index (χ4n) is 4.94. The molecule has 0 bridgehead atoms. The lowest BCUT2D eigenvalue weighted by Crippen LogP contribution is -2.84. The van der Waals surface area contributed by atoms with Crippen LogP contribution in [-0.4, -0.2) is 9.38 Å². The van der Waals surface area contributed by atoms with E-state index in [-0.39, 0.29) is 5.56 Å². The van der Waals surface area contributed by atoms with Crippen LogP contribution in [0.2, 0.25) is 0 Å². The normalized spacial score (nSPS) is 16.3. The molecule has 1 aliphatic rings. The van der Waals surface area contributed by atoms with Gasteiger partial charge in [0.25, 0.3) is 5.56 Å². The second kappa shape index (κ2) is 9.13. The molecular weight excluding hydrogens is 370 g/mol. The molecule has 1 aromatic carbocycles. The maximum Gasteiger partial charge on any atom is 0.258 e. The summed E-state index contributed by atoms with van der Waals surface area (Å²) >= 11 is 0. The number of nitrogens with two attached hydrogens (primary N) is 1. The summed E-state index contributed by atoms with van der Waals surface area (Å²) in [6.45, 7) is 7.17. The monoisotopic (exact) mass is 404 g/mol. The second-order valence-electron chi connectivity index (χ2n) is 9.16. The van der Waals surface area contributed by atoms with Crippen molar-refractivity contribution in [2.75, 3.05) is 0 Å². The number of benzene rings is 1. The van der Waals surface area contributed by atoms with Crippen LogP contribution >= 0.6 is 0 Å². The average Bonchev–Trinajstić information content (AvgIpc) is 2.74. The van der Waals surface area contributed by atoms with Gasteiger partial charge in [-0.2, -0.15) is 0 Å². The first-order chi connectivity index (χ1) is 14.5. The van der Waals surface area contributed by atoms with Crippen LogP contribution in [-0.2, 0) is 6.54 Å². The average molecular weight is 405 g/mol. The second-order valence-corrected chi connectivity index (χ2v) is 9.16. The highest BCUT2D eigenvalue weighted by Crippen LogP contribution is 2.33. The molecule has 2 N–H and O–H groups in total. The summed E-state index contributed by atoms with van der Waals surface area (Å²) in [5.41, 5.74) is 5.34. The van der Waals surface area contributed by atoms with Gasteiger partial charge < -0.3 is 5.32 Å². The predicted molar refractivity (Wildman–Crippen MR) is 122 cm³/mol. The molecule has 0 saturated heterocycles. The molecule has 2 heterocycles. The Morgan fingerprint density at radius 1 is 1.07 bits per heavy atom. The number of quaternary nitrogens is 1. The van der Waals surface area contributed by atoms with Gasteiger partial charge in [0.05, 0.1) is 0 Å². The Morgan fingerprint density at radius 3 is 2.50 bits per heavy atom. The zero-order valence-electron chi connectivity index (χ0n) is 18.5. The van der Waals surface area contributed by atoms with Crippen LogP contribution in [0.3, 0.4) is 0 Å². The van der Waals surface area contributed by atoms with E-state index in [2.05, 4.69) is 43.4 Å². The van der Waals surface area contributed by atoms with Crippen molar-refractivity contribution in [2.24, 2.45) is 5.92 Å². The van der Waals surface area contributed by atoms with Gasteiger partial charge in [0.15, 0.2) is 0 Å². The molecule has 1 aliphatic carbocycles. The van der Waals surface area contributed by atoms with Gasteiger partial charge in [0.2, 0.25) is 0 Å². The highest BCUT2D eigenvalue weighted by molar-refractivity contribution is 5.40. The van der Waals surface area contributed by atoms with Gasteiger partial charge in [-0.15, -0.1) is 0 Å². The Kier molecular flexibility index (Phi) is 6.33. The topological polar surface area (TPSA) is 51.0 Å². The highest BCUT2D eigenvalue weighted by atomic mass is 16.1. The molecule has 0 aliphatic heterocycles. The molecule has 0 radical (unpaired) electrons. The number of hydrogen-bond acceptors (Lipinski definition) is 2. The molecule has 4 heteroatoms. The third kappa shape index (κ3) is 4.49. The minimum atomic E-state index is -0.000526. The van der Waals surface area contributed by atoms with E-state index in [0.29, 0.717) is 18.5 Å². The first-order valence-corrected chi connectivity index (χ1v) is 11.4. The molecule has 1 saturated carbocycles. The summed E-state index contributed by atoms with van der Waals surface area (Å²) in [7, 11) is 0. The van der Waals surface area contributed by atoms with Crippen LogP contribution in [0.15, 0.2) is 53.3 Å². The van der Waals surface area contributed by atoms with Crippen molar-refractivity contribution in [3.05, 3.63) is 81.4 Å². The first-order valence-electron chi connectivity index (χ1n) is 11.4. The Bertz CT molecular complexity index is 1050. The number of hydrogen-bond donors (Lipinski definition) is 1. The van der Waals surface area contributed by atoms with Gasteiger partial charge in [0.1, 0.15) is 23.9 Å². The first kappa shape index (κ1) is 20.8. The van der Waals surface area contributed by atoms with Crippen LogP contribution in [0.4, 0.5) is 0 Å². The van der Waals surface area contributed by atoms with Gasteiger partial charge >= 0.3 is 0 Å². The Morgan fingerprint density at radius 2 is 1.80 bits per heavy atom. The van der Waals surface area contributed by atoms with E-state index in [4.69, 9.17) is 4.98 Å². The molecule has 1 fully saturated rings. The Labute approximate surface area is 179 Å². The van der Waals surface area contributed by atoms with E-state index in [1.54, 1.807) is 10.5 Å². The van der Waals surface area contributed by atoms with Crippen molar-refractivity contribution in [2.45, 2.75) is 71.4 Å². The quantitative estimate of drug-likeness (QED) is 0.657. The van der Waals surface area contributed by atoms with Crippen molar-refractivity contribution >= 4 is 5.65 Å². The third-order valence-electron chi connectivity index (χ3n) is 6.63. The lowest BCUT2D eigenvalue weighted by atomic mass is 9.83. The van der Waals surface area contributed by atoms with E-state index in [1.807, 2.05) is 25.1 Å². The van der Waals surface area contributed by atoms with Crippen molar-refractivity contribution < 1.29 is 5.32 Å². The van der Waals surface area contributed by atoms with E-state index >= 15 is 0 Å². The van der Waals surface area contributed by atoms with E-state index in [0.717, 1.165) is 23.0 Å².